The van der Waals surface area contributed by atoms with Gasteiger partial charge in [-0.15, -0.1) is 0 Å². The molecule has 0 saturated heterocycles. The molecule has 0 aromatic heterocycles. The molecule has 0 saturated carbocycles. The molecule has 2 nitrogen and oxygen atoms in total. The highest BCUT2D eigenvalue weighted by molar-refractivity contribution is 9.10. The molecule has 2 rings (SSSR count). The van der Waals surface area contributed by atoms with Crippen molar-refractivity contribution in [1.29, 1.82) is 0 Å². The van der Waals surface area contributed by atoms with Crippen LogP contribution in [-0.4, -0.2) is 12.2 Å². The number of aryl methyl sites for hydroxylation is 2. The predicted molar refractivity (Wildman–Crippen MR) is 88.4 cm³/mol. The van der Waals surface area contributed by atoms with Crippen molar-refractivity contribution in [3.05, 3.63) is 61.5 Å². The molecule has 0 spiro atoms. The van der Waals surface area contributed by atoms with E-state index in [9.17, 15) is 5.11 Å². The summed E-state index contributed by atoms with van der Waals surface area (Å²) in [4.78, 5) is 0. The van der Waals surface area contributed by atoms with Gasteiger partial charge in [-0.25, -0.2) is 0 Å². The summed E-state index contributed by atoms with van der Waals surface area (Å²) in [5.41, 5.74) is 3.75. The first-order chi connectivity index (χ1) is 9.43. The van der Waals surface area contributed by atoms with Gasteiger partial charge < -0.3 is 9.84 Å². The van der Waals surface area contributed by atoms with E-state index >= 15 is 0 Å². The zero-order valence-corrected chi connectivity index (χ0v) is 14.7. The Morgan fingerprint density at radius 3 is 2.35 bits per heavy atom. The first kappa shape index (κ1) is 15.5. The number of hydrogen-bond donors (Lipinski definition) is 1. The lowest BCUT2D eigenvalue weighted by atomic mass is 9.98. The van der Waals surface area contributed by atoms with E-state index in [2.05, 4.69) is 31.9 Å². The highest BCUT2D eigenvalue weighted by atomic mass is 79.9. The largest absolute Gasteiger partial charge is 0.496 e. The van der Waals surface area contributed by atoms with E-state index in [4.69, 9.17) is 4.74 Å². The van der Waals surface area contributed by atoms with Gasteiger partial charge in [-0.3, -0.25) is 0 Å². The molecular weight excluding hydrogens is 384 g/mol. The standard InChI is InChI=1S/C16H16Br2O2/c1-9-4-5-13(17)11(6-9)16(19)12-8-14(18)10(2)7-15(12)20-3/h4-8,16,19H,1-3H3. The van der Waals surface area contributed by atoms with Crippen LogP contribution in [0, 0.1) is 13.8 Å². The number of aliphatic hydroxyl groups is 1. The summed E-state index contributed by atoms with van der Waals surface area (Å²) in [5, 5.41) is 10.7. The van der Waals surface area contributed by atoms with Gasteiger partial charge in [0.1, 0.15) is 11.9 Å². The van der Waals surface area contributed by atoms with Gasteiger partial charge in [-0.05, 0) is 43.2 Å². The van der Waals surface area contributed by atoms with Gasteiger partial charge >= 0.3 is 0 Å². The molecule has 1 unspecified atom stereocenters. The molecule has 4 heteroatoms. The molecule has 2 aromatic carbocycles. The van der Waals surface area contributed by atoms with E-state index in [1.54, 1.807) is 7.11 Å². The van der Waals surface area contributed by atoms with Crippen LogP contribution in [0.3, 0.4) is 0 Å². The quantitative estimate of drug-likeness (QED) is 0.793. The lowest BCUT2D eigenvalue weighted by Gasteiger charge is -2.18. The Kier molecular flexibility index (Phi) is 4.89. The molecular formula is C16H16Br2O2. The fraction of sp³-hybridized carbons (Fsp3) is 0.250. The Balaban J connectivity index is 2.55. The Hall–Kier alpha value is -0.840. The molecule has 0 aliphatic heterocycles. The number of hydrogen-bond acceptors (Lipinski definition) is 2. The average Bonchev–Trinajstić information content (AvgIpc) is 2.43. The van der Waals surface area contributed by atoms with Crippen LogP contribution in [0.5, 0.6) is 5.75 Å². The second-order valence-electron chi connectivity index (χ2n) is 4.77. The third-order valence-electron chi connectivity index (χ3n) is 3.25. The Morgan fingerprint density at radius 2 is 1.70 bits per heavy atom. The fourth-order valence-electron chi connectivity index (χ4n) is 2.10. The number of rotatable bonds is 3. The first-order valence-electron chi connectivity index (χ1n) is 6.22. The smallest absolute Gasteiger partial charge is 0.125 e. The molecule has 0 fully saturated rings. The van der Waals surface area contributed by atoms with E-state index < -0.39 is 6.10 Å². The molecule has 0 heterocycles. The lowest BCUT2D eigenvalue weighted by Crippen LogP contribution is -2.04. The summed E-state index contributed by atoms with van der Waals surface area (Å²) in [6, 6.07) is 9.76. The topological polar surface area (TPSA) is 29.5 Å². The number of aliphatic hydroxyl groups excluding tert-OH is 1. The molecule has 106 valence electrons. The van der Waals surface area contributed by atoms with Gasteiger partial charge in [-0.2, -0.15) is 0 Å². The van der Waals surface area contributed by atoms with Crippen LogP contribution >= 0.6 is 31.9 Å². The van der Waals surface area contributed by atoms with Gasteiger partial charge in [0.25, 0.3) is 0 Å². The van der Waals surface area contributed by atoms with Crippen LogP contribution in [0.15, 0.2) is 39.3 Å². The molecule has 1 N–H and O–H groups in total. The SMILES string of the molecule is COc1cc(C)c(Br)cc1C(O)c1cc(C)ccc1Br. The van der Waals surface area contributed by atoms with Crippen molar-refractivity contribution in [2.75, 3.05) is 7.11 Å². The molecule has 0 bridgehead atoms. The minimum absolute atomic E-state index is 0.687. The van der Waals surface area contributed by atoms with Crippen molar-refractivity contribution in [2.24, 2.45) is 0 Å². The minimum Gasteiger partial charge on any atom is -0.496 e. The first-order valence-corrected chi connectivity index (χ1v) is 7.80. The van der Waals surface area contributed by atoms with Gasteiger partial charge in [0, 0.05) is 14.5 Å². The van der Waals surface area contributed by atoms with E-state index in [1.807, 2.05) is 44.2 Å². The van der Waals surface area contributed by atoms with Crippen LogP contribution in [0.25, 0.3) is 0 Å². The highest BCUT2D eigenvalue weighted by Crippen LogP contribution is 2.37. The van der Waals surface area contributed by atoms with Crippen LogP contribution in [-0.2, 0) is 0 Å². The molecule has 1 atom stereocenters. The Labute approximate surface area is 136 Å². The van der Waals surface area contributed by atoms with E-state index in [-0.39, 0.29) is 0 Å². The summed E-state index contributed by atoms with van der Waals surface area (Å²) in [7, 11) is 1.62. The monoisotopic (exact) mass is 398 g/mol. The number of benzene rings is 2. The molecule has 2 aromatic rings. The van der Waals surface area contributed by atoms with Crippen molar-refractivity contribution in [3.63, 3.8) is 0 Å². The number of methoxy groups -OCH3 is 1. The maximum absolute atomic E-state index is 10.7. The van der Waals surface area contributed by atoms with Crippen LogP contribution in [0.4, 0.5) is 0 Å². The highest BCUT2D eigenvalue weighted by Gasteiger charge is 2.19. The van der Waals surface area contributed by atoms with Crippen molar-refractivity contribution in [1.82, 2.24) is 0 Å². The van der Waals surface area contributed by atoms with Gasteiger partial charge in [0.2, 0.25) is 0 Å². The molecule has 0 aliphatic rings. The summed E-state index contributed by atoms with van der Waals surface area (Å²) in [6.07, 6.45) is -0.740. The zero-order valence-electron chi connectivity index (χ0n) is 11.6. The zero-order chi connectivity index (χ0) is 14.9. The van der Waals surface area contributed by atoms with Gasteiger partial charge in [-0.1, -0.05) is 49.6 Å². The van der Waals surface area contributed by atoms with Crippen molar-refractivity contribution >= 4 is 31.9 Å². The van der Waals surface area contributed by atoms with Gasteiger partial charge in [0.05, 0.1) is 7.11 Å². The van der Waals surface area contributed by atoms with Crippen LogP contribution < -0.4 is 4.74 Å². The maximum Gasteiger partial charge on any atom is 0.125 e. The second kappa shape index (κ2) is 6.29. The van der Waals surface area contributed by atoms with Gasteiger partial charge in [0.15, 0.2) is 0 Å². The lowest BCUT2D eigenvalue weighted by molar-refractivity contribution is 0.214. The van der Waals surface area contributed by atoms with Crippen molar-refractivity contribution < 1.29 is 9.84 Å². The third kappa shape index (κ3) is 3.08. The van der Waals surface area contributed by atoms with Crippen LogP contribution in [0.2, 0.25) is 0 Å². The molecule has 20 heavy (non-hydrogen) atoms. The molecule has 0 amide bonds. The molecule has 0 radical (unpaired) electrons. The van der Waals surface area contributed by atoms with Crippen molar-refractivity contribution in [2.45, 2.75) is 20.0 Å². The normalized spacial score (nSPS) is 12.3. The summed E-state index contributed by atoms with van der Waals surface area (Å²) in [6.45, 7) is 4.00. The maximum atomic E-state index is 10.7. The fourth-order valence-corrected chi connectivity index (χ4v) is 2.93. The van der Waals surface area contributed by atoms with E-state index in [0.29, 0.717) is 5.75 Å². The van der Waals surface area contributed by atoms with Crippen molar-refractivity contribution in [3.8, 4) is 5.75 Å². The van der Waals surface area contributed by atoms with E-state index in [0.717, 1.165) is 31.2 Å². The third-order valence-corrected chi connectivity index (χ3v) is 4.83. The second-order valence-corrected chi connectivity index (χ2v) is 6.48. The summed E-state index contributed by atoms with van der Waals surface area (Å²) < 4.78 is 7.24. The van der Waals surface area contributed by atoms with E-state index in [1.165, 1.54) is 0 Å². The number of halogens is 2. The summed E-state index contributed by atoms with van der Waals surface area (Å²) in [5.74, 6) is 0.687. The van der Waals surface area contributed by atoms with Crippen LogP contribution in [0.1, 0.15) is 28.4 Å². The Morgan fingerprint density at radius 1 is 1.00 bits per heavy atom. The average molecular weight is 400 g/mol. The molecule has 0 aliphatic carbocycles. The Bertz CT molecular complexity index is 639. The summed E-state index contributed by atoms with van der Waals surface area (Å²) >= 11 is 7.00. The number of ether oxygens (including phenoxy) is 1. The minimum atomic E-state index is -0.740. The predicted octanol–water partition coefficient (Wildman–Crippen LogP) is 4.92.